The molecule has 1 aromatic rings. The van der Waals surface area contributed by atoms with Crippen LogP contribution in [0.1, 0.15) is 5.56 Å². The molecule has 0 atom stereocenters. The number of rotatable bonds is 3. The number of halogens is 1. The summed E-state index contributed by atoms with van der Waals surface area (Å²) < 4.78 is 12.1. The quantitative estimate of drug-likeness (QED) is 0.723. The van der Waals surface area contributed by atoms with Gasteiger partial charge < -0.3 is 5.11 Å². The molecule has 0 aliphatic heterocycles. The van der Waals surface area contributed by atoms with Crippen molar-refractivity contribution in [1.82, 2.24) is 0 Å². The van der Waals surface area contributed by atoms with Crippen LogP contribution < -0.4 is 0 Å². The van der Waals surface area contributed by atoms with Crippen LogP contribution in [0, 0.1) is 0 Å². The molecule has 0 spiro atoms. The van der Waals surface area contributed by atoms with Gasteiger partial charge in [0.05, 0.1) is 5.57 Å². The zero-order chi connectivity index (χ0) is 9.68. The van der Waals surface area contributed by atoms with Crippen molar-refractivity contribution < 1.29 is 14.3 Å². The number of hydrogen-bond acceptors (Lipinski definition) is 1. The molecule has 0 bridgehead atoms. The fraction of sp³-hybridized carbons (Fsp3) is 0.100. The fourth-order valence-electron chi connectivity index (χ4n) is 0.908. The predicted octanol–water partition coefficient (Wildman–Crippen LogP) is 2.12. The maximum Gasteiger partial charge on any atom is 0.334 e. The highest BCUT2D eigenvalue weighted by Crippen LogP contribution is 2.06. The molecule has 3 heteroatoms. The molecule has 68 valence electrons. The second kappa shape index (κ2) is 4.40. The zero-order valence-electron chi connectivity index (χ0n) is 6.90. The van der Waals surface area contributed by atoms with Crippen LogP contribution in [0.25, 0.3) is 6.08 Å². The summed E-state index contributed by atoms with van der Waals surface area (Å²) in [5.74, 6) is -1.22. The Bertz CT molecular complexity index is 317. The van der Waals surface area contributed by atoms with Crippen molar-refractivity contribution in [1.29, 1.82) is 0 Å². The largest absolute Gasteiger partial charge is 0.478 e. The van der Waals surface area contributed by atoms with E-state index < -0.39 is 12.6 Å². The zero-order valence-corrected chi connectivity index (χ0v) is 6.90. The van der Waals surface area contributed by atoms with E-state index in [0.717, 1.165) is 0 Å². The number of alkyl halides is 1. The van der Waals surface area contributed by atoms with E-state index in [9.17, 15) is 9.18 Å². The molecule has 0 fully saturated rings. The summed E-state index contributed by atoms with van der Waals surface area (Å²) >= 11 is 0. The minimum Gasteiger partial charge on any atom is -0.478 e. The molecule has 0 heterocycles. The third-order valence-electron chi connectivity index (χ3n) is 1.56. The molecule has 0 radical (unpaired) electrons. The SMILES string of the molecule is O=C(O)C(=Cc1ccccc1)CF. The Morgan fingerprint density at radius 2 is 2.00 bits per heavy atom. The summed E-state index contributed by atoms with van der Waals surface area (Å²) in [7, 11) is 0. The molecule has 0 saturated heterocycles. The van der Waals surface area contributed by atoms with Crippen LogP contribution in [-0.2, 0) is 4.79 Å². The van der Waals surface area contributed by atoms with Crippen molar-refractivity contribution >= 4 is 12.0 Å². The van der Waals surface area contributed by atoms with E-state index in [0.29, 0.717) is 5.56 Å². The molecule has 1 rings (SSSR count). The van der Waals surface area contributed by atoms with E-state index in [2.05, 4.69) is 0 Å². The summed E-state index contributed by atoms with van der Waals surface area (Å²) in [4.78, 5) is 10.4. The molecule has 0 aliphatic carbocycles. The average Bonchev–Trinajstić information content (AvgIpc) is 2.15. The van der Waals surface area contributed by atoms with Crippen molar-refractivity contribution in [3.8, 4) is 0 Å². The summed E-state index contributed by atoms with van der Waals surface area (Å²) in [5, 5.41) is 8.53. The van der Waals surface area contributed by atoms with Gasteiger partial charge in [0.2, 0.25) is 0 Å². The van der Waals surface area contributed by atoms with E-state index in [-0.39, 0.29) is 5.57 Å². The number of carbonyl (C=O) groups is 1. The van der Waals surface area contributed by atoms with Crippen LogP contribution in [0.15, 0.2) is 35.9 Å². The predicted molar refractivity (Wildman–Crippen MR) is 48.0 cm³/mol. The highest BCUT2D eigenvalue weighted by molar-refractivity contribution is 5.92. The van der Waals surface area contributed by atoms with Gasteiger partial charge in [-0.1, -0.05) is 30.3 Å². The minimum absolute atomic E-state index is 0.230. The van der Waals surface area contributed by atoms with Crippen LogP contribution in [0.5, 0.6) is 0 Å². The Hall–Kier alpha value is -1.64. The van der Waals surface area contributed by atoms with Gasteiger partial charge in [0, 0.05) is 0 Å². The van der Waals surface area contributed by atoms with Gasteiger partial charge in [-0.15, -0.1) is 0 Å². The van der Waals surface area contributed by atoms with Crippen LogP contribution in [0.2, 0.25) is 0 Å². The standard InChI is InChI=1S/C10H9FO2/c11-7-9(10(12)13)6-8-4-2-1-3-5-8/h1-6H,7H2,(H,12,13). The Morgan fingerprint density at radius 3 is 2.46 bits per heavy atom. The molecule has 0 saturated carbocycles. The maximum atomic E-state index is 12.1. The van der Waals surface area contributed by atoms with Gasteiger partial charge >= 0.3 is 5.97 Å². The van der Waals surface area contributed by atoms with Gasteiger partial charge in [-0.25, -0.2) is 9.18 Å². The van der Waals surface area contributed by atoms with Crippen molar-refractivity contribution in [3.63, 3.8) is 0 Å². The lowest BCUT2D eigenvalue weighted by Gasteiger charge is -1.95. The molecule has 1 N–H and O–H groups in total. The van der Waals surface area contributed by atoms with Gasteiger partial charge in [-0.05, 0) is 11.6 Å². The normalized spacial score (nSPS) is 11.3. The lowest BCUT2D eigenvalue weighted by Crippen LogP contribution is -2.01. The second-order valence-electron chi connectivity index (χ2n) is 2.52. The van der Waals surface area contributed by atoms with Crippen LogP contribution in [0.3, 0.4) is 0 Å². The molecule has 1 aromatic carbocycles. The lowest BCUT2D eigenvalue weighted by molar-refractivity contribution is -0.132. The smallest absolute Gasteiger partial charge is 0.334 e. The third-order valence-corrected chi connectivity index (χ3v) is 1.56. The van der Waals surface area contributed by atoms with Gasteiger partial charge in [0.1, 0.15) is 6.67 Å². The van der Waals surface area contributed by atoms with Crippen LogP contribution in [0.4, 0.5) is 4.39 Å². The first-order valence-corrected chi connectivity index (χ1v) is 3.79. The van der Waals surface area contributed by atoms with E-state index in [1.165, 1.54) is 6.08 Å². The van der Waals surface area contributed by atoms with Gasteiger partial charge in [0.25, 0.3) is 0 Å². The monoisotopic (exact) mass is 180 g/mol. The van der Waals surface area contributed by atoms with Crippen molar-refractivity contribution in [2.24, 2.45) is 0 Å². The molecular formula is C10H9FO2. The van der Waals surface area contributed by atoms with Crippen LogP contribution in [-0.4, -0.2) is 17.8 Å². The van der Waals surface area contributed by atoms with Crippen molar-refractivity contribution in [3.05, 3.63) is 41.5 Å². The third kappa shape index (κ3) is 2.71. The molecule has 13 heavy (non-hydrogen) atoms. The van der Waals surface area contributed by atoms with Gasteiger partial charge in [0.15, 0.2) is 0 Å². The summed E-state index contributed by atoms with van der Waals surface area (Å²) in [6.45, 7) is -0.954. The van der Waals surface area contributed by atoms with E-state index in [1.807, 2.05) is 6.07 Å². The first kappa shape index (κ1) is 9.45. The fourth-order valence-corrected chi connectivity index (χ4v) is 0.908. The lowest BCUT2D eigenvalue weighted by atomic mass is 10.1. The summed E-state index contributed by atoms with van der Waals surface area (Å²) in [6.07, 6.45) is 1.32. The summed E-state index contributed by atoms with van der Waals surface area (Å²) in [5.41, 5.74) is 0.462. The molecule has 0 aromatic heterocycles. The Labute approximate surface area is 75.3 Å². The van der Waals surface area contributed by atoms with E-state index in [1.54, 1.807) is 24.3 Å². The maximum absolute atomic E-state index is 12.1. The Kier molecular flexibility index (Phi) is 3.20. The Balaban J connectivity index is 2.92. The molecule has 0 unspecified atom stereocenters. The summed E-state index contributed by atoms with van der Waals surface area (Å²) in [6, 6.07) is 8.79. The van der Waals surface area contributed by atoms with Crippen LogP contribution >= 0.6 is 0 Å². The number of benzene rings is 1. The van der Waals surface area contributed by atoms with Crippen molar-refractivity contribution in [2.75, 3.05) is 6.67 Å². The number of hydrogen-bond donors (Lipinski definition) is 1. The first-order chi connectivity index (χ1) is 6.24. The average molecular weight is 180 g/mol. The minimum atomic E-state index is -1.22. The van der Waals surface area contributed by atoms with E-state index in [4.69, 9.17) is 5.11 Å². The highest BCUT2D eigenvalue weighted by Gasteiger charge is 2.05. The second-order valence-corrected chi connectivity index (χ2v) is 2.52. The molecule has 0 aliphatic rings. The number of carboxylic acid groups (broad SMARTS) is 1. The molecular weight excluding hydrogens is 171 g/mol. The number of aliphatic carboxylic acids is 1. The number of carboxylic acids is 1. The first-order valence-electron chi connectivity index (χ1n) is 3.79. The van der Waals surface area contributed by atoms with Crippen molar-refractivity contribution in [2.45, 2.75) is 0 Å². The molecule has 2 nitrogen and oxygen atoms in total. The highest BCUT2D eigenvalue weighted by atomic mass is 19.1. The molecule has 0 amide bonds. The van der Waals surface area contributed by atoms with Gasteiger partial charge in [-0.3, -0.25) is 0 Å². The van der Waals surface area contributed by atoms with E-state index >= 15 is 0 Å². The Morgan fingerprint density at radius 1 is 1.38 bits per heavy atom. The topological polar surface area (TPSA) is 37.3 Å². The van der Waals surface area contributed by atoms with Gasteiger partial charge in [-0.2, -0.15) is 0 Å².